The van der Waals surface area contributed by atoms with Crippen LogP contribution in [0.25, 0.3) is 0 Å². The highest BCUT2D eigenvalue weighted by atomic mass is 32.2. The smallest absolute Gasteiger partial charge is 0.254 e. The molecule has 7 nitrogen and oxygen atoms in total. The molecule has 3 aromatic rings. The number of nitrogens with zero attached hydrogens (tertiary/aromatic N) is 1. The number of nitrogens with two attached hydrogens (primary N) is 1. The van der Waals surface area contributed by atoms with Crippen LogP contribution in [0.4, 0.5) is 5.69 Å². The molecular formula is C29H36N4O3S. The molecule has 0 saturated carbocycles. The number of hydrogen-bond donors (Lipinski definition) is 3. The molecule has 8 heteroatoms. The van der Waals surface area contributed by atoms with Crippen molar-refractivity contribution in [3.63, 3.8) is 0 Å². The molecule has 0 saturated heterocycles. The summed E-state index contributed by atoms with van der Waals surface area (Å²) in [5.41, 5.74) is 9.66. The van der Waals surface area contributed by atoms with Crippen LogP contribution in [-0.4, -0.2) is 37.9 Å². The van der Waals surface area contributed by atoms with E-state index in [1.165, 1.54) is 0 Å². The molecule has 0 spiro atoms. The Bertz CT molecular complexity index is 1340. The lowest BCUT2D eigenvalue weighted by Gasteiger charge is -2.39. The molecule has 1 atom stereocenters. The second-order valence-electron chi connectivity index (χ2n) is 10.2. The topological polar surface area (TPSA) is 105 Å². The van der Waals surface area contributed by atoms with Crippen LogP contribution in [0.2, 0.25) is 0 Å². The summed E-state index contributed by atoms with van der Waals surface area (Å²) >= 11 is 0. The number of aryl methyl sites for hydroxylation is 1. The van der Waals surface area contributed by atoms with Crippen molar-refractivity contribution < 1.29 is 13.2 Å². The highest BCUT2D eigenvalue weighted by Crippen LogP contribution is 2.39. The van der Waals surface area contributed by atoms with Crippen LogP contribution in [0.1, 0.15) is 60.3 Å². The van der Waals surface area contributed by atoms with Gasteiger partial charge in [0.2, 0.25) is 10.0 Å². The molecule has 0 radical (unpaired) electrons. The lowest BCUT2D eigenvalue weighted by molar-refractivity contribution is 0.0748. The van der Waals surface area contributed by atoms with Crippen LogP contribution in [0.5, 0.6) is 0 Å². The zero-order valence-electron chi connectivity index (χ0n) is 21.7. The average Bonchev–Trinajstić information content (AvgIpc) is 2.87. The second kappa shape index (κ2) is 11.0. The number of benzene rings is 3. The third-order valence-corrected chi connectivity index (χ3v) is 8.19. The maximum absolute atomic E-state index is 13.5. The maximum atomic E-state index is 13.5. The first-order valence-electron chi connectivity index (χ1n) is 12.7. The number of anilines is 1. The van der Waals surface area contributed by atoms with Gasteiger partial charge in [-0.2, -0.15) is 0 Å². The van der Waals surface area contributed by atoms with Gasteiger partial charge in [-0.3, -0.25) is 4.79 Å². The van der Waals surface area contributed by atoms with Crippen molar-refractivity contribution in [1.82, 2.24) is 9.62 Å². The van der Waals surface area contributed by atoms with Gasteiger partial charge < -0.3 is 16.0 Å². The maximum Gasteiger partial charge on any atom is 0.254 e. The van der Waals surface area contributed by atoms with Crippen LogP contribution in [0.15, 0.2) is 77.7 Å². The Labute approximate surface area is 220 Å². The summed E-state index contributed by atoms with van der Waals surface area (Å²) in [5, 5.41) is 3.49. The monoisotopic (exact) mass is 520 g/mol. The van der Waals surface area contributed by atoms with E-state index in [1.54, 1.807) is 23.1 Å². The fourth-order valence-electron chi connectivity index (χ4n) is 4.79. The molecule has 1 aliphatic rings. The molecule has 4 N–H and O–H groups in total. The molecule has 1 aliphatic heterocycles. The summed E-state index contributed by atoms with van der Waals surface area (Å²) in [6, 6.07) is 21.7. The average molecular weight is 521 g/mol. The predicted molar refractivity (Wildman–Crippen MR) is 148 cm³/mol. The summed E-state index contributed by atoms with van der Waals surface area (Å²) in [6.07, 6.45) is 1.37. The molecule has 1 heterocycles. The second-order valence-corrected chi connectivity index (χ2v) is 11.9. The first-order valence-corrected chi connectivity index (χ1v) is 14.2. The Morgan fingerprint density at radius 2 is 1.76 bits per heavy atom. The van der Waals surface area contributed by atoms with Gasteiger partial charge in [0.15, 0.2) is 0 Å². The molecule has 1 amide bonds. The van der Waals surface area contributed by atoms with Gasteiger partial charge in [0.05, 0.1) is 10.9 Å². The number of rotatable bonds is 9. The van der Waals surface area contributed by atoms with E-state index in [2.05, 4.69) is 10.0 Å². The molecule has 196 valence electrons. The van der Waals surface area contributed by atoms with Crippen LogP contribution >= 0.6 is 0 Å². The zero-order chi connectivity index (χ0) is 26.6. The molecule has 0 unspecified atom stereocenters. The van der Waals surface area contributed by atoms with E-state index in [9.17, 15) is 13.2 Å². The number of carbonyl (C=O) groups is 1. The fraction of sp³-hybridized carbons (Fsp3) is 0.345. The van der Waals surface area contributed by atoms with Gasteiger partial charge in [0.25, 0.3) is 5.91 Å². The highest BCUT2D eigenvalue weighted by molar-refractivity contribution is 7.89. The molecule has 0 aromatic heterocycles. The van der Waals surface area contributed by atoms with Gasteiger partial charge in [-0.1, -0.05) is 49.4 Å². The van der Waals surface area contributed by atoms with E-state index < -0.39 is 16.1 Å². The van der Waals surface area contributed by atoms with Crippen LogP contribution in [0, 0.1) is 0 Å². The number of fused-ring (bicyclic) bond motifs is 1. The Hall–Kier alpha value is -3.20. The van der Waals surface area contributed by atoms with Gasteiger partial charge in [-0.15, -0.1) is 0 Å². The zero-order valence-corrected chi connectivity index (χ0v) is 22.5. The minimum atomic E-state index is -3.77. The molecule has 0 fully saturated rings. The van der Waals surface area contributed by atoms with Crippen molar-refractivity contribution in [2.45, 2.75) is 56.6 Å². The number of hydrogen-bond acceptors (Lipinski definition) is 5. The highest BCUT2D eigenvalue weighted by Gasteiger charge is 2.35. The van der Waals surface area contributed by atoms with Gasteiger partial charge in [0.1, 0.15) is 0 Å². The van der Waals surface area contributed by atoms with E-state index in [0.29, 0.717) is 31.6 Å². The number of amides is 1. The lowest BCUT2D eigenvalue weighted by Crippen LogP contribution is -2.43. The molecule has 3 aromatic carbocycles. The Kier molecular flexibility index (Phi) is 8.02. The Balaban J connectivity index is 1.64. The van der Waals surface area contributed by atoms with Crippen molar-refractivity contribution in [3.8, 4) is 0 Å². The third-order valence-electron chi connectivity index (χ3n) is 6.70. The molecule has 37 heavy (non-hydrogen) atoms. The van der Waals surface area contributed by atoms with E-state index in [4.69, 9.17) is 5.73 Å². The molecule has 4 rings (SSSR count). The number of nitrogens with one attached hydrogen (secondary N) is 2. The van der Waals surface area contributed by atoms with Gasteiger partial charge in [0, 0.05) is 36.4 Å². The quantitative estimate of drug-likeness (QED) is 0.386. The summed E-state index contributed by atoms with van der Waals surface area (Å²) in [4.78, 5) is 15.5. The van der Waals surface area contributed by atoms with E-state index in [0.717, 1.165) is 28.8 Å². The standard InChI is InChI=1S/C29H36N4O3S/c1-4-21-10-13-24(14-11-21)37(35,36)32-27-19-29(2,3)31-26-15-12-23(18-25(26)27)28(34)33(17-16-30)20-22-8-6-5-7-9-22/h5-15,18,27,31-32H,4,16-17,19-20,30H2,1-3H3/t27-/m0/s1. The summed E-state index contributed by atoms with van der Waals surface area (Å²) in [6.45, 7) is 7.31. The molecule has 0 bridgehead atoms. The van der Waals surface area contributed by atoms with Crippen molar-refractivity contribution in [1.29, 1.82) is 0 Å². The van der Waals surface area contributed by atoms with Crippen molar-refractivity contribution in [2.75, 3.05) is 18.4 Å². The van der Waals surface area contributed by atoms with Gasteiger partial charge in [-0.25, -0.2) is 13.1 Å². The third kappa shape index (κ3) is 6.39. The van der Waals surface area contributed by atoms with E-state index >= 15 is 0 Å². The number of carbonyl (C=O) groups excluding carboxylic acids is 1. The SMILES string of the molecule is CCc1ccc(S(=O)(=O)N[C@H]2CC(C)(C)Nc3ccc(C(=O)N(CCN)Cc4ccccc4)cc32)cc1. The first kappa shape index (κ1) is 26.9. The Morgan fingerprint density at radius 1 is 1.05 bits per heavy atom. The molecule has 0 aliphatic carbocycles. The van der Waals surface area contributed by atoms with Crippen LogP contribution < -0.4 is 15.8 Å². The van der Waals surface area contributed by atoms with Crippen LogP contribution in [-0.2, 0) is 23.0 Å². The van der Waals surface area contributed by atoms with Crippen molar-refractivity contribution in [3.05, 3.63) is 95.1 Å². The normalized spacial score (nSPS) is 16.5. The minimum Gasteiger partial charge on any atom is -0.380 e. The summed E-state index contributed by atoms with van der Waals surface area (Å²) in [5.74, 6) is -0.140. The largest absolute Gasteiger partial charge is 0.380 e. The van der Waals surface area contributed by atoms with Gasteiger partial charge >= 0.3 is 0 Å². The lowest BCUT2D eigenvalue weighted by atomic mass is 9.85. The van der Waals surface area contributed by atoms with E-state index in [-0.39, 0.29) is 16.3 Å². The minimum absolute atomic E-state index is 0.140. The summed E-state index contributed by atoms with van der Waals surface area (Å²) in [7, 11) is -3.77. The fourth-order valence-corrected chi connectivity index (χ4v) is 6.01. The Morgan fingerprint density at radius 3 is 2.41 bits per heavy atom. The summed E-state index contributed by atoms with van der Waals surface area (Å²) < 4.78 is 29.5. The number of sulfonamides is 1. The van der Waals surface area contributed by atoms with Crippen molar-refractivity contribution in [2.24, 2.45) is 5.73 Å². The van der Waals surface area contributed by atoms with E-state index in [1.807, 2.05) is 75.4 Å². The molecular weight excluding hydrogens is 484 g/mol. The van der Waals surface area contributed by atoms with Gasteiger partial charge in [-0.05, 0) is 73.7 Å². The first-order chi connectivity index (χ1) is 17.6. The van der Waals surface area contributed by atoms with Crippen LogP contribution in [0.3, 0.4) is 0 Å². The predicted octanol–water partition coefficient (Wildman–Crippen LogP) is 4.46. The van der Waals surface area contributed by atoms with Crippen molar-refractivity contribution >= 4 is 21.6 Å².